The molecule has 0 bridgehead atoms. The van der Waals surface area contributed by atoms with Crippen molar-refractivity contribution in [3.05, 3.63) is 54.0 Å². The van der Waals surface area contributed by atoms with E-state index in [9.17, 15) is 9.59 Å². The van der Waals surface area contributed by atoms with Gasteiger partial charge in [0, 0.05) is 24.9 Å². The van der Waals surface area contributed by atoms with E-state index in [-0.39, 0.29) is 19.4 Å². The third-order valence-electron chi connectivity index (χ3n) is 7.90. The number of nitrogens with zero attached hydrogens (tertiary/aromatic N) is 4. The molecule has 3 aliphatic carbocycles. The largest absolute Gasteiger partial charge is 0.330 e. The maximum atomic E-state index is 13.4. The van der Waals surface area contributed by atoms with Gasteiger partial charge in [0.15, 0.2) is 0 Å². The van der Waals surface area contributed by atoms with Crippen LogP contribution < -0.4 is 10.2 Å². The Hall–Kier alpha value is -3.22. The molecule has 7 heteroatoms. The first kappa shape index (κ1) is 21.3. The van der Waals surface area contributed by atoms with E-state index in [4.69, 9.17) is 0 Å². The fourth-order valence-corrected chi connectivity index (χ4v) is 5.84. The smallest absolute Gasteiger partial charge is 0.322 e. The molecule has 6 rings (SSSR count). The summed E-state index contributed by atoms with van der Waals surface area (Å²) >= 11 is 0. The van der Waals surface area contributed by atoms with Gasteiger partial charge in [0.05, 0.1) is 12.2 Å². The number of hydrogen-bond acceptors (Lipinski definition) is 4. The average molecular weight is 460 g/mol. The van der Waals surface area contributed by atoms with Gasteiger partial charge in [-0.15, -0.1) is 0 Å². The summed E-state index contributed by atoms with van der Waals surface area (Å²) < 4.78 is 0. The number of carbonyl (C=O) groups excluding carboxylic acids is 2. The van der Waals surface area contributed by atoms with Crippen molar-refractivity contribution in [3.63, 3.8) is 0 Å². The second-order valence-corrected chi connectivity index (χ2v) is 10.4. The van der Waals surface area contributed by atoms with Crippen LogP contribution in [0.25, 0.3) is 0 Å². The molecule has 1 aliphatic heterocycles. The van der Waals surface area contributed by atoms with Gasteiger partial charge in [-0.2, -0.15) is 0 Å². The molecule has 2 heterocycles. The summed E-state index contributed by atoms with van der Waals surface area (Å²) in [5.41, 5.74) is 2.29. The number of nitrogens with one attached hydrogen (secondary N) is 1. The first-order valence-corrected chi connectivity index (χ1v) is 12.6. The van der Waals surface area contributed by atoms with Crippen LogP contribution in [0.4, 0.5) is 22.0 Å². The van der Waals surface area contributed by atoms with Gasteiger partial charge in [-0.3, -0.25) is 4.79 Å². The highest BCUT2D eigenvalue weighted by Crippen LogP contribution is 2.50. The zero-order valence-electron chi connectivity index (χ0n) is 19.6. The second kappa shape index (κ2) is 8.53. The molecule has 0 radical (unpaired) electrons. The topological polar surface area (TPSA) is 78.4 Å². The maximum absolute atomic E-state index is 13.4. The Kier molecular flexibility index (Phi) is 5.35. The van der Waals surface area contributed by atoms with Crippen molar-refractivity contribution in [3.8, 4) is 0 Å². The first-order chi connectivity index (χ1) is 16.5. The molecule has 2 unspecified atom stereocenters. The molecule has 7 nitrogen and oxygen atoms in total. The second-order valence-electron chi connectivity index (χ2n) is 10.4. The quantitative estimate of drug-likeness (QED) is 0.571. The van der Waals surface area contributed by atoms with Crippen molar-refractivity contribution in [2.45, 2.75) is 64.5 Å². The van der Waals surface area contributed by atoms with Crippen LogP contribution in [-0.2, 0) is 11.3 Å². The molecule has 3 amide bonds. The molecular formula is C27H33N5O2. The molecule has 0 saturated heterocycles. The number of anilines is 3. The third-order valence-corrected chi connectivity index (χ3v) is 7.90. The van der Waals surface area contributed by atoms with Crippen molar-refractivity contribution < 1.29 is 11.0 Å². The maximum Gasteiger partial charge on any atom is 0.330 e. The van der Waals surface area contributed by atoms with E-state index in [2.05, 4.69) is 15.3 Å². The monoisotopic (exact) mass is 459 g/mol. The van der Waals surface area contributed by atoms with Gasteiger partial charge in [0.2, 0.25) is 5.91 Å². The molecule has 34 heavy (non-hydrogen) atoms. The van der Waals surface area contributed by atoms with E-state index in [1.807, 2.05) is 48.4 Å². The molecule has 1 aromatic heterocycles. The van der Waals surface area contributed by atoms with Crippen LogP contribution in [0.3, 0.4) is 0 Å². The van der Waals surface area contributed by atoms with Crippen molar-refractivity contribution in [2.75, 3.05) is 10.2 Å². The van der Waals surface area contributed by atoms with Crippen LogP contribution in [-0.4, -0.2) is 32.8 Å². The van der Waals surface area contributed by atoms with E-state index in [0.29, 0.717) is 29.6 Å². The highest BCUT2D eigenvalue weighted by Gasteiger charge is 2.41. The number of allylic oxidation sites excluding steroid dienone is 1. The summed E-state index contributed by atoms with van der Waals surface area (Å²) in [7, 11) is 0. The molecule has 178 valence electrons. The molecule has 2 aromatic rings. The van der Waals surface area contributed by atoms with Crippen LogP contribution >= 0.6 is 0 Å². The number of urea groups is 1. The lowest BCUT2D eigenvalue weighted by Gasteiger charge is -2.36. The SMILES string of the molecule is Cc1ncc2c(n1)N(c1cccc(NC(=O)/C=C/CC3CC4CCC4C3)c1)C(=O)N(C1CC1)C2.[HH]. The Balaban J connectivity index is 0.00000253. The van der Waals surface area contributed by atoms with Crippen LogP contribution in [0.5, 0.6) is 0 Å². The predicted octanol–water partition coefficient (Wildman–Crippen LogP) is 5.59. The van der Waals surface area contributed by atoms with Gasteiger partial charge in [0.1, 0.15) is 11.6 Å². The van der Waals surface area contributed by atoms with Crippen LogP contribution in [0.15, 0.2) is 42.6 Å². The van der Waals surface area contributed by atoms with Crippen molar-refractivity contribution in [1.29, 1.82) is 0 Å². The standard InChI is InChI=1S/C27H31N5O2.H2/c1-17-28-15-21-16-31(23-10-11-23)27(34)32(26(21)29-17)24-6-3-5-22(14-24)30-25(33)7-2-4-18-12-19-8-9-20(19)13-18;/h2-3,5-7,14-15,18-20,23H,4,8-13,16H2,1H3,(H,30,33);1H/b7-2+;. The minimum absolute atomic E-state index is 0. The molecule has 3 fully saturated rings. The Bertz CT molecular complexity index is 1150. The molecule has 1 N–H and O–H groups in total. The number of aryl methyl sites for hydroxylation is 1. The van der Waals surface area contributed by atoms with E-state index in [1.165, 1.54) is 25.7 Å². The van der Waals surface area contributed by atoms with Gasteiger partial charge in [0.25, 0.3) is 0 Å². The van der Waals surface area contributed by atoms with Gasteiger partial charge in [-0.05, 0) is 93.9 Å². The van der Waals surface area contributed by atoms with Crippen molar-refractivity contribution in [2.24, 2.45) is 17.8 Å². The Morgan fingerprint density at radius 1 is 1.21 bits per heavy atom. The van der Waals surface area contributed by atoms with Gasteiger partial charge < -0.3 is 10.2 Å². The lowest BCUT2D eigenvalue weighted by atomic mass is 9.77. The predicted molar refractivity (Wildman–Crippen MR) is 133 cm³/mol. The molecular weight excluding hydrogens is 426 g/mol. The van der Waals surface area contributed by atoms with Crippen molar-refractivity contribution >= 4 is 29.1 Å². The summed E-state index contributed by atoms with van der Waals surface area (Å²) in [5, 5.41) is 2.96. The molecule has 3 saturated carbocycles. The number of fused-ring (bicyclic) bond motifs is 2. The van der Waals surface area contributed by atoms with Gasteiger partial charge in [-0.25, -0.2) is 19.7 Å². The van der Waals surface area contributed by atoms with E-state index in [0.717, 1.165) is 42.6 Å². The highest BCUT2D eigenvalue weighted by atomic mass is 16.2. The van der Waals surface area contributed by atoms with Crippen molar-refractivity contribution in [1.82, 2.24) is 14.9 Å². The number of benzene rings is 1. The zero-order chi connectivity index (χ0) is 23.2. The summed E-state index contributed by atoms with van der Waals surface area (Å²) in [6, 6.07) is 7.66. The number of hydrogen-bond donors (Lipinski definition) is 1. The third kappa shape index (κ3) is 4.08. The molecule has 2 atom stereocenters. The summed E-state index contributed by atoms with van der Waals surface area (Å²) in [6.45, 7) is 2.37. The summed E-state index contributed by atoms with van der Waals surface area (Å²) in [4.78, 5) is 38.5. The zero-order valence-corrected chi connectivity index (χ0v) is 19.6. The van der Waals surface area contributed by atoms with Crippen LogP contribution in [0.2, 0.25) is 0 Å². The normalized spacial score (nSPS) is 25.8. The summed E-state index contributed by atoms with van der Waals surface area (Å²) in [6.07, 6.45) is 14.0. The molecule has 4 aliphatic rings. The van der Waals surface area contributed by atoms with E-state index >= 15 is 0 Å². The highest BCUT2D eigenvalue weighted by molar-refractivity contribution is 6.03. The van der Waals surface area contributed by atoms with E-state index in [1.54, 1.807) is 11.0 Å². The number of rotatable bonds is 6. The lowest BCUT2D eigenvalue weighted by Crippen LogP contribution is -2.46. The average Bonchev–Trinajstić information content (AvgIpc) is 3.60. The minimum Gasteiger partial charge on any atom is -0.322 e. The lowest BCUT2D eigenvalue weighted by molar-refractivity contribution is -0.111. The van der Waals surface area contributed by atoms with Crippen LogP contribution in [0, 0.1) is 24.7 Å². The molecule has 0 spiro atoms. The first-order valence-electron chi connectivity index (χ1n) is 12.6. The fourth-order valence-electron chi connectivity index (χ4n) is 5.84. The van der Waals surface area contributed by atoms with Gasteiger partial charge >= 0.3 is 6.03 Å². The fraction of sp³-hybridized carbons (Fsp3) is 0.481. The Morgan fingerprint density at radius 3 is 2.74 bits per heavy atom. The van der Waals surface area contributed by atoms with Crippen LogP contribution in [0.1, 0.15) is 57.8 Å². The Morgan fingerprint density at radius 2 is 2.00 bits per heavy atom. The number of amides is 3. The minimum atomic E-state index is -0.138. The van der Waals surface area contributed by atoms with Gasteiger partial charge in [-0.1, -0.05) is 12.1 Å². The number of aromatic nitrogens is 2. The van der Waals surface area contributed by atoms with E-state index < -0.39 is 0 Å². The number of carbonyl (C=O) groups is 2. The summed E-state index contributed by atoms with van der Waals surface area (Å²) in [5.74, 6) is 3.74. The Labute approximate surface area is 201 Å². The molecule has 1 aromatic carbocycles.